The molecule has 1 atom stereocenters. The maximum atomic E-state index is 10.7. The van der Waals surface area contributed by atoms with Crippen molar-refractivity contribution in [1.82, 2.24) is 5.32 Å². The molecule has 0 spiro atoms. The van der Waals surface area contributed by atoms with Crippen LogP contribution >= 0.6 is 0 Å². The first-order chi connectivity index (χ1) is 5.70. The van der Waals surface area contributed by atoms with E-state index in [1.807, 2.05) is 0 Å². The van der Waals surface area contributed by atoms with Crippen LogP contribution in [0.2, 0.25) is 0 Å². The number of carbonyl (C=O) groups excluding carboxylic acids is 1. The van der Waals surface area contributed by atoms with E-state index in [2.05, 4.69) is 18.8 Å². The summed E-state index contributed by atoms with van der Waals surface area (Å²) < 4.78 is 0. The molecule has 0 rings (SSSR count). The van der Waals surface area contributed by atoms with Crippen LogP contribution in [0.3, 0.4) is 0 Å². The summed E-state index contributed by atoms with van der Waals surface area (Å²) in [5.74, 6) is -0.151. The number of amides is 1. The van der Waals surface area contributed by atoms with Crippen molar-refractivity contribution in [2.24, 2.45) is 5.73 Å². The lowest BCUT2D eigenvalue weighted by atomic mass is 10.1. The van der Waals surface area contributed by atoms with Crippen LogP contribution in [0, 0.1) is 0 Å². The lowest BCUT2D eigenvalue weighted by molar-refractivity contribution is -0.116. The van der Waals surface area contributed by atoms with E-state index >= 15 is 0 Å². The summed E-state index contributed by atoms with van der Waals surface area (Å²) in [5, 5.41) is 2.66. The number of rotatable bonds is 6. The molecular formula is C9H18N2O. The fourth-order valence-corrected chi connectivity index (χ4v) is 0.872. The number of nitrogens with one attached hydrogen (secondary N) is 1. The molecule has 3 N–H and O–H groups in total. The van der Waals surface area contributed by atoms with Gasteiger partial charge in [-0.05, 0) is 12.5 Å². The number of carbonyl (C=O) groups is 1. The van der Waals surface area contributed by atoms with Gasteiger partial charge < -0.3 is 11.1 Å². The molecular weight excluding hydrogens is 152 g/mol. The molecule has 0 aliphatic carbocycles. The fourth-order valence-electron chi connectivity index (χ4n) is 0.872. The average molecular weight is 170 g/mol. The van der Waals surface area contributed by atoms with E-state index in [4.69, 9.17) is 5.73 Å². The van der Waals surface area contributed by atoms with Gasteiger partial charge in [-0.1, -0.05) is 26.3 Å². The molecule has 0 aromatic carbocycles. The first-order valence-electron chi connectivity index (χ1n) is 4.36. The van der Waals surface area contributed by atoms with Crippen LogP contribution in [0.4, 0.5) is 0 Å². The highest BCUT2D eigenvalue weighted by molar-refractivity contribution is 5.86. The van der Waals surface area contributed by atoms with Gasteiger partial charge in [-0.25, -0.2) is 0 Å². The van der Waals surface area contributed by atoms with Gasteiger partial charge in [-0.15, -0.1) is 0 Å². The minimum absolute atomic E-state index is 0.0776. The third-order valence-electron chi connectivity index (χ3n) is 1.65. The first kappa shape index (κ1) is 11.2. The van der Waals surface area contributed by atoms with Crippen molar-refractivity contribution in [2.75, 3.05) is 6.54 Å². The monoisotopic (exact) mass is 170 g/mol. The van der Waals surface area contributed by atoms with Crippen molar-refractivity contribution >= 4 is 5.91 Å². The Bertz CT molecular complexity index is 145. The summed E-state index contributed by atoms with van der Waals surface area (Å²) in [4.78, 5) is 10.7. The number of hydrogen-bond acceptors (Lipinski definition) is 2. The van der Waals surface area contributed by atoms with Gasteiger partial charge in [0.15, 0.2) is 0 Å². The molecule has 12 heavy (non-hydrogen) atoms. The molecule has 1 unspecified atom stereocenters. The lowest BCUT2D eigenvalue weighted by Gasteiger charge is -2.10. The normalized spacial score (nSPS) is 12.2. The molecule has 0 saturated heterocycles. The highest BCUT2D eigenvalue weighted by Gasteiger charge is 2.01. The van der Waals surface area contributed by atoms with Crippen LogP contribution in [0.15, 0.2) is 12.7 Å². The summed E-state index contributed by atoms with van der Waals surface area (Å²) in [5.41, 5.74) is 5.71. The van der Waals surface area contributed by atoms with Crippen molar-refractivity contribution in [2.45, 2.75) is 32.2 Å². The maximum Gasteiger partial charge on any atom is 0.243 e. The predicted octanol–water partition coefficient (Wildman–Crippen LogP) is 0.806. The van der Waals surface area contributed by atoms with Crippen molar-refractivity contribution in [3.8, 4) is 0 Å². The van der Waals surface area contributed by atoms with Crippen LogP contribution in [0.5, 0.6) is 0 Å². The van der Waals surface area contributed by atoms with Gasteiger partial charge in [-0.3, -0.25) is 4.79 Å². The van der Waals surface area contributed by atoms with Gasteiger partial charge in [0.1, 0.15) is 0 Å². The van der Waals surface area contributed by atoms with E-state index < -0.39 is 0 Å². The molecule has 0 saturated carbocycles. The van der Waals surface area contributed by atoms with E-state index in [0.717, 1.165) is 19.3 Å². The van der Waals surface area contributed by atoms with Gasteiger partial charge >= 0.3 is 0 Å². The van der Waals surface area contributed by atoms with E-state index in [1.165, 1.54) is 6.08 Å². The standard InChI is InChI=1S/C9H18N2O/c1-3-5-6-8(10)7-11-9(12)4-2/h4,8H,2-3,5-7,10H2,1H3,(H,11,12). The van der Waals surface area contributed by atoms with Crippen LogP contribution in [-0.4, -0.2) is 18.5 Å². The van der Waals surface area contributed by atoms with Crippen LogP contribution in [-0.2, 0) is 4.79 Å². The van der Waals surface area contributed by atoms with E-state index in [0.29, 0.717) is 6.54 Å². The van der Waals surface area contributed by atoms with Crippen molar-refractivity contribution in [1.29, 1.82) is 0 Å². The van der Waals surface area contributed by atoms with Crippen LogP contribution < -0.4 is 11.1 Å². The molecule has 3 nitrogen and oxygen atoms in total. The Kier molecular flexibility index (Phi) is 6.38. The predicted molar refractivity (Wildman–Crippen MR) is 50.7 cm³/mol. The number of unbranched alkanes of at least 4 members (excludes halogenated alkanes) is 1. The molecule has 0 aliphatic rings. The molecule has 0 aromatic heterocycles. The second-order valence-electron chi connectivity index (χ2n) is 2.85. The second-order valence-corrected chi connectivity index (χ2v) is 2.85. The topological polar surface area (TPSA) is 55.1 Å². The number of hydrogen-bond donors (Lipinski definition) is 2. The Balaban J connectivity index is 3.36. The third kappa shape index (κ3) is 5.92. The molecule has 0 radical (unpaired) electrons. The molecule has 0 fully saturated rings. The molecule has 0 heterocycles. The van der Waals surface area contributed by atoms with Crippen molar-refractivity contribution < 1.29 is 4.79 Å². The minimum Gasteiger partial charge on any atom is -0.351 e. The lowest BCUT2D eigenvalue weighted by Crippen LogP contribution is -2.36. The van der Waals surface area contributed by atoms with Gasteiger partial charge in [0, 0.05) is 12.6 Å². The Hall–Kier alpha value is -0.830. The molecule has 3 heteroatoms. The largest absolute Gasteiger partial charge is 0.351 e. The molecule has 0 bridgehead atoms. The van der Waals surface area contributed by atoms with Crippen molar-refractivity contribution in [3.63, 3.8) is 0 Å². The zero-order valence-corrected chi connectivity index (χ0v) is 7.68. The van der Waals surface area contributed by atoms with Crippen LogP contribution in [0.1, 0.15) is 26.2 Å². The van der Waals surface area contributed by atoms with Gasteiger partial charge in [-0.2, -0.15) is 0 Å². The molecule has 0 aromatic rings. The summed E-state index contributed by atoms with van der Waals surface area (Å²) in [7, 11) is 0. The second kappa shape index (κ2) is 6.85. The smallest absolute Gasteiger partial charge is 0.243 e. The van der Waals surface area contributed by atoms with E-state index in [-0.39, 0.29) is 11.9 Å². The van der Waals surface area contributed by atoms with E-state index in [1.54, 1.807) is 0 Å². The van der Waals surface area contributed by atoms with Gasteiger partial charge in [0.05, 0.1) is 0 Å². The van der Waals surface area contributed by atoms with Crippen LogP contribution in [0.25, 0.3) is 0 Å². The Morgan fingerprint density at radius 1 is 1.75 bits per heavy atom. The quantitative estimate of drug-likeness (QED) is 0.579. The van der Waals surface area contributed by atoms with E-state index in [9.17, 15) is 4.79 Å². The summed E-state index contributed by atoms with van der Waals surface area (Å²) >= 11 is 0. The third-order valence-corrected chi connectivity index (χ3v) is 1.65. The molecule has 1 amide bonds. The average Bonchev–Trinajstić information content (AvgIpc) is 2.10. The Morgan fingerprint density at radius 2 is 2.42 bits per heavy atom. The maximum absolute atomic E-state index is 10.7. The highest BCUT2D eigenvalue weighted by atomic mass is 16.1. The van der Waals surface area contributed by atoms with Crippen molar-refractivity contribution in [3.05, 3.63) is 12.7 Å². The summed E-state index contributed by atoms with van der Waals surface area (Å²) in [6.45, 7) is 6.01. The zero-order chi connectivity index (χ0) is 9.40. The molecule has 70 valence electrons. The SMILES string of the molecule is C=CC(=O)NCC(N)CCCC. The highest BCUT2D eigenvalue weighted by Crippen LogP contribution is 1.96. The first-order valence-corrected chi connectivity index (χ1v) is 4.36. The number of nitrogens with two attached hydrogens (primary N) is 1. The summed E-state index contributed by atoms with van der Waals surface area (Å²) in [6, 6.07) is 0.0776. The molecule has 0 aliphatic heterocycles. The van der Waals surface area contributed by atoms with Gasteiger partial charge in [0.2, 0.25) is 5.91 Å². The zero-order valence-electron chi connectivity index (χ0n) is 7.68. The Morgan fingerprint density at radius 3 is 2.92 bits per heavy atom. The Labute approximate surface area is 74.0 Å². The fraction of sp³-hybridized carbons (Fsp3) is 0.667. The van der Waals surface area contributed by atoms with Gasteiger partial charge in [0.25, 0.3) is 0 Å². The summed E-state index contributed by atoms with van der Waals surface area (Å²) in [6.07, 6.45) is 4.48. The minimum atomic E-state index is -0.151.